The minimum absolute atomic E-state index is 0.0568. The summed E-state index contributed by atoms with van der Waals surface area (Å²) >= 11 is 0. The number of rotatable bonds is 4. The summed E-state index contributed by atoms with van der Waals surface area (Å²) in [5.41, 5.74) is 12.2. The number of pyridine rings is 2. The van der Waals surface area contributed by atoms with E-state index in [1.165, 1.54) is 11.1 Å². The van der Waals surface area contributed by atoms with Crippen molar-refractivity contribution in [2.75, 3.05) is 25.5 Å². The van der Waals surface area contributed by atoms with Crippen LogP contribution in [0.25, 0.3) is 22.3 Å². The van der Waals surface area contributed by atoms with E-state index >= 15 is 0 Å². The molecule has 3 aromatic rings. The monoisotopic (exact) mass is 520 g/mol. The molecule has 7 nitrogen and oxygen atoms in total. The number of carbonyl (C=O) groups excluding carboxylic acids is 1. The van der Waals surface area contributed by atoms with Gasteiger partial charge in [0.2, 0.25) is 0 Å². The van der Waals surface area contributed by atoms with E-state index in [9.17, 15) is 4.79 Å². The predicted octanol–water partition coefficient (Wildman–Crippen LogP) is 3.95. The molecule has 9 heteroatoms. The Labute approximate surface area is 233 Å². The molecule has 2 aliphatic rings. The van der Waals surface area contributed by atoms with Gasteiger partial charge < -0.3 is 20.1 Å². The van der Waals surface area contributed by atoms with Gasteiger partial charge in [-0.2, -0.15) is 0 Å². The van der Waals surface area contributed by atoms with E-state index < -0.39 is 5.60 Å². The first-order valence-corrected chi connectivity index (χ1v) is 13.6. The van der Waals surface area contributed by atoms with Gasteiger partial charge in [0.05, 0.1) is 6.04 Å². The molecular formula is C30H34B2N4O3. The number of anilines is 1. The molecule has 39 heavy (non-hydrogen) atoms. The van der Waals surface area contributed by atoms with E-state index in [1.807, 2.05) is 31.7 Å². The normalized spacial score (nSPS) is 18.3. The summed E-state index contributed by atoms with van der Waals surface area (Å²) in [6, 6.07) is 12.0. The first kappa shape index (κ1) is 27.3. The van der Waals surface area contributed by atoms with Crippen molar-refractivity contribution in [3.8, 4) is 22.3 Å². The number of nitrogens with zero attached hydrogens (tertiary/aromatic N) is 3. The summed E-state index contributed by atoms with van der Waals surface area (Å²) in [6.45, 7) is 7.88. The zero-order valence-electron chi connectivity index (χ0n) is 22.9. The molecule has 4 heterocycles. The van der Waals surface area contributed by atoms with E-state index in [4.69, 9.17) is 30.9 Å². The number of aromatic nitrogens is 2. The largest absolute Gasteiger partial charge is 0.444 e. The van der Waals surface area contributed by atoms with E-state index in [2.05, 4.69) is 28.2 Å². The standard InChI is InChI=1S/C30H34B2N4O3/c1-30(2,3)39-29(37)36-10-4-5-25(36)24-13-19(6-7-22(24)18-8-11-38-12-9-18)21-14-23(28(33)34-17-21)20-15-26(31)35-27(32)16-20/h6-7,13-18,25H,4-5,8-12H2,1-3H3,(H2,33,34)/t25-/m0/s1. The molecule has 0 aliphatic carbocycles. The third-order valence-electron chi connectivity index (χ3n) is 7.42. The SMILES string of the molecule is [B]c1cc(-c2cc(-c3ccc(C4CCOCC4)c([C@@H]4CCCN4C(=O)OC(C)(C)C)c3)cnc2N)cc([B])n1. The Morgan fingerprint density at radius 3 is 2.41 bits per heavy atom. The van der Waals surface area contributed by atoms with Gasteiger partial charge in [-0.15, -0.1) is 0 Å². The summed E-state index contributed by atoms with van der Waals surface area (Å²) < 4.78 is 11.4. The van der Waals surface area contributed by atoms with Crippen LogP contribution in [0, 0.1) is 0 Å². The molecule has 2 saturated heterocycles. The number of carbonyl (C=O) groups is 1. The number of hydrogen-bond acceptors (Lipinski definition) is 6. The lowest BCUT2D eigenvalue weighted by Crippen LogP contribution is -2.36. The fourth-order valence-corrected chi connectivity index (χ4v) is 5.65. The fourth-order valence-electron chi connectivity index (χ4n) is 5.65. The summed E-state index contributed by atoms with van der Waals surface area (Å²) in [5, 5.41) is 0. The molecule has 0 bridgehead atoms. The second-order valence-electron chi connectivity index (χ2n) is 11.4. The molecule has 2 fully saturated rings. The van der Waals surface area contributed by atoms with Crippen LogP contribution >= 0.6 is 0 Å². The molecule has 1 amide bonds. The van der Waals surface area contributed by atoms with Gasteiger partial charge in [0.1, 0.15) is 27.1 Å². The maximum atomic E-state index is 13.2. The van der Waals surface area contributed by atoms with Gasteiger partial charge >= 0.3 is 6.09 Å². The maximum Gasteiger partial charge on any atom is 0.410 e. The Hall–Kier alpha value is -3.32. The highest BCUT2D eigenvalue weighted by atomic mass is 16.6. The van der Waals surface area contributed by atoms with Crippen molar-refractivity contribution in [2.45, 2.75) is 64.0 Å². The zero-order valence-corrected chi connectivity index (χ0v) is 22.9. The van der Waals surface area contributed by atoms with Crippen LogP contribution in [0.1, 0.15) is 69.5 Å². The van der Waals surface area contributed by atoms with Crippen molar-refractivity contribution in [3.05, 3.63) is 53.7 Å². The van der Waals surface area contributed by atoms with Crippen LogP contribution < -0.4 is 16.9 Å². The van der Waals surface area contributed by atoms with Crippen molar-refractivity contribution < 1.29 is 14.3 Å². The number of nitrogens with two attached hydrogens (primary N) is 1. The summed E-state index contributed by atoms with van der Waals surface area (Å²) in [6.07, 6.45) is 5.26. The highest BCUT2D eigenvalue weighted by molar-refractivity contribution is 6.35. The maximum absolute atomic E-state index is 13.2. The zero-order chi connectivity index (χ0) is 27.7. The van der Waals surface area contributed by atoms with Crippen LogP contribution in [-0.2, 0) is 9.47 Å². The van der Waals surface area contributed by atoms with Crippen molar-refractivity contribution in [3.63, 3.8) is 0 Å². The predicted molar refractivity (Wildman–Crippen MR) is 156 cm³/mol. The van der Waals surface area contributed by atoms with Crippen molar-refractivity contribution in [2.24, 2.45) is 0 Å². The number of hydrogen-bond donors (Lipinski definition) is 1. The molecule has 2 aliphatic heterocycles. The Balaban J connectivity index is 1.57. The van der Waals surface area contributed by atoms with Gasteiger partial charge in [-0.1, -0.05) is 12.1 Å². The van der Waals surface area contributed by atoms with Gasteiger partial charge in [-0.05, 0) is 110 Å². The smallest absolute Gasteiger partial charge is 0.410 e. The number of ether oxygens (including phenoxy) is 2. The molecule has 1 atom stereocenters. The molecule has 1 aromatic carbocycles. The highest BCUT2D eigenvalue weighted by Crippen LogP contribution is 2.42. The minimum atomic E-state index is -0.554. The Morgan fingerprint density at radius 1 is 1.00 bits per heavy atom. The topological polar surface area (TPSA) is 90.6 Å². The van der Waals surface area contributed by atoms with Gasteiger partial charge in [0.25, 0.3) is 0 Å². The number of likely N-dealkylation sites (tertiary alicyclic amines) is 1. The van der Waals surface area contributed by atoms with E-state index in [0.717, 1.165) is 61.2 Å². The van der Waals surface area contributed by atoms with Crippen LogP contribution in [-0.4, -0.2) is 62.0 Å². The molecule has 0 spiro atoms. The van der Waals surface area contributed by atoms with Gasteiger partial charge in [-0.25, -0.2) is 9.78 Å². The van der Waals surface area contributed by atoms with Crippen LogP contribution in [0.5, 0.6) is 0 Å². The second kappa shape index (κ2) is 11.0. The summed E-state index contributed by atoms with van der Waals surface area (Å²) in [7, 11) is 11.9. The molecule has 2 aromatic heterocycles. The van der Waals surface area contributed by atoms with E-state index in [0.29, 0.717) is 29.5 Å². The molecule has 0 saturated carbocycles. The first-order valence-electron chi connectivity index (χ1n) is 13.6. The van der Waals surface area contributed by atoms with E-state index in [-0.39, 0.29) is 12.1 Å². The Kier molecular flexibility index (Phi) is 7.72. The quantitative estimate of drug-likeness (QED) is 0.525. The Bertz CT molecular complexity index is 1350. The van der Waals surface area contributed by atoms with Crippen LogP contribution in [0.3, 0.4) is 0 Å². The van der Waals surface area contributed by atoms with Gasteiger partial charge in [0, 0.05) is 37.1 Å². The lowest BCUT2D eigenvalue weighted by Gasteiger charge is -2.32. The number of nitrogen functional groups attached to an aromatic ring is 1. The molecule has 198 valence electrons. The average molecular weight is 520 g/mol. The third kappa shape index (κ3) is 6.14. The third-order valence-corrected chi connectivity index (χ3v) is 7.42. The van der Waals surface area contributed by atoms with Gasteiger partial charge in [0.15, 0.2) is 0 Å². The molecule has 4 radical (unpaired) electrons. The van der Waals surface area contributed by atoms with Crippen LogP contribution in [0.4, 0.5) is 10.6 Å². The average Bonchev–Trinajstić information content (AvgIpc) is 3.38. The molecule has 5 rings (SSSR count). The Morgan fingerprint density at radius 2 is 1.72 bits per heavy atom. The highest BCUT2D eigenvalue weighted by Gasteiger charge is 2.35. The molecule has 2 N–H and O–H groups in total. The van der Waals surface area contributed by atoms with Crippen LogP contribution in [0.2, 0.25) is 0 Å². The molecular weight excluding hydrogens is 486 g/mol. The fraction of sp³-hybridized carbons (Fsp3) is 0.433. The van der Waals surface area contributed by atoms with Crippen molar-refractivity contribution >= 4 is 38.8 Å². The van der Waals surface area contributed by atoms with E-state index in [1.54, 1.807) is 18.3 Å². The minimum Gasteiger partial charge on any atom is -0.444 e. The van der Waals surface area contributed by atoms with Crippen LogP contribution in [0.15, 0.2) is 42.6 Å². The number of benzene rings is 1. The lowest BCUT2D eigenvalue weighted by atomic mass is 9.83. The van der Waals surface area contributed by atoms with Crippen molar-refractivity contribution in [1.29, 1.82) is 0 Å². The summed E-state index contributed by atoms with van der Waals surface area (Å²) in [4.78, 5) is 23.7. The molecule has 0 unspecified atom stereocenters. The van der Waals surface area contributed by atoms with Gasteiger partial charge in [-0.3, -0.25) is 4.98 Å². The lowest BCUT2D eigenvalue weighted by molar-refractivity contribution is 0.0222. The van der Waals surface area contributed by atoms with Crippen molar-refractivity contribution in [1.82, 2.24) is 14.9 Å². The second-order valence-corrected chi connectivity index (χ2v) is 11.4. The summed E-state index contributed by atoms with van der Waals surface area (Å²) in [5.74, 6) is 0.765. The first-order chi connectivity index (χ1) is 18.6. The number of amides is 1.